The van der Waals surface area contributed by atoms with Crippen LogP contribution in [0.3, 0.4) is 0 Å². The Morgan fingerprint density at radius 2 is 1.93 bits per heavy atom. The fourth-order valence-electron chi connectivity index (χ4n) is 2.89. The van der Waals surface area contributed by atoms with E-state index in [0.717, 1.165) is 12.8 Å². The first-order chi connectivity index (χ1) is 13.5. The molecule has 0 aliphatic carbocycles. The van der Waals surface area contributed by atoms with E-state index >= 15 is 0 Å². The lowest BCUT2D eigenvalue weighted by Gasteiger charge is -2.15. The second kappa shape index (κ2) is 8.56. The molecule has 0 atom stereocenters. The van der Waals surface area contributed by atoms with Crippen LogP contribution in [0.1, 0.15) is 40.9 Å². The first kappa shape index (κ1) is 19.4. The Morgan fingerprint density at radius 3 is 2.61 bits per heavy atom. The topological polar surface area (TPSA) is 75.9 Å². The highest BCUT2D eigenvalue weighted by molar-refractivity contribution is 6.06. The fraction of sp³-hybridized carbons (Fsp3) is 0.286. The molecule has 0 saturated carbocycles. The summed E-state index contributed by atoms with van der Waals surface area (Å²) in [6.07, 6.45) is 3.64. The number of hydrogen-bond acceptors (Lipinski definition) is 4. The van der Waals surface area contributed by atoms with Gasteiger partial charge < -0.3 is 15.0 Å². The van der Waals surface area contributed by atoms with Gasteiger partial charge in [-0.15, -0.1) is 0 Å². The number of ether oxygens (including phenoxy) is 1. The van der Waals surface area contributed by atoms with Gasteiger partial charge in [-0.2, -0.15) is 0 Å². The highest BCUT2D eigenvalue weighted by atomic mass is 16.5. The number of pyridine rings is 1. The normalized spacial score (nSPS) is 10.7. The average Bonchev–Trinajstić information content (AvgIpc) is 3.11. The van der Waals surface area contributed by atoms with E-state index in [0.29, 0.717) is 23.5 Å². The number of benzene rings is 1. The number of fused-ring (bicyclic) bond motifs is 1. The van der Waals surface area contributed by atoms with Crippen LogP contribution in [0.15, 0.2) is 48.7 Å². The van der Waals surface area contributed by atoms with E-state index < -0.39 is 0 Å². The van der Waals surface area contributed by atoms with Gasteiger partial charge in [0.25, 0.3) is 11.8 Å². The molecular weight excluding hydrogens is 356 g/mol. The van der Waals surface area contributed by atoms with E-state index in [9.17, 15) is 9.59 Å². The predicted molar refractivity (Wildman–Crippen MR) is 108 cm³/mol. The number of nitrogens with one attached hydrogen (secondary N) is 1. The number of anilines is 1. The Morgan fingerprint density at radius 1 is 1.18 bits per heavy atom. The van der Waals surface area contributed by atoms with E-state index in [-0.39, 0.29) is 23.3 Å². The molecule has 0 saturated heterocycles. The number of imidazole rings is 1. The van der Waals surface area contributed by atoms with Crippen LogP contribution in [0.5, 0.6) is 5.75 Å². The molecular formula is C21H24N4O3. The van der Waals surface area contributed by atoms with Crippen LogP contribution >= 0.6 is 0 Å². The van der Waals surface area contributed by atoms with Crippen molar-refractivity contribution in [3.63, 3.8) is 0 Å². The van der Waals surface area contributed by atoms with Gasteiger partial charge in [0.1, 0.15) is 5.75 Å². The van der Waals surface area contributed by atoms with Crippen LogP contribution in [-0.2, 0) is 0 Å². The maximum atomic E-state index is 12.8. The van der Waals surface area contributed by atoms with Crippen LogP contribution in [0, 0.1) is 0 Å². The van der Waals surface area contributed by atoms with E-state index in [1.165, 1.54) is 0 Å². The molecule has 2 amide bonds. The maximum Gasteiger partial charge on any atom is 0.292 e. The minimum absolute atomic E-state index is 0.165. The lowest BCUT2D eigenvalue weighted by Crippen LogP contribution is -2.28. The first-order valence-electron chi connectivity index (χ1n) is 9.23. The molecule has 2 aromatic heterocycles. The Balaban J connectivity index is 1.90. The van der Waals surface area contributed by atoms with Gasteiger partial charge in [0.05, 0.1) is 12.6 Å². The van der Waals surface area contributed by atoms with Crippen LogP contribution in [-0.4, -0.2) is 46.8 Å². The summed E-state index contributed by atoms with van der Waals surface area (Å²) >= 11 is 0. The van der Waals surface area contributed by atoms with Crippen molar-refractivity contribution in [2.45, 2.75) is 19.8 Å². The number of aromatic nitrogens is 2. The second-order valence-electron chi connectivity index (χ2n) is 6.50. The summed E-state index contributed by atoms with van der Waals surface area (Å²) in [7, 11) is 3.34. The lowest BCUT2D eigenvalue weighted by atomic mass is 10.2. The molecule has 7 nitrogen and oxygen atoms in total. The molecule has 0 spiro atoms. The van der Waals surface area contributed by atoms with Gasteiger partial charge in [-0.05, 0) is 42.8 Å². The van der Waals surface area contributed by atoms with Gasteiger partial charge >= 0.3 is 0 Å². The zero-order valence-electron chi connectivity index (χ0n) is 16.3. The molecule has 146 valence electrons. The van der Waals surface area contributed by atoms with Crippen molar-refractivity contribution in [2.24, 2.45) is 0 Å². The van der Waals surface area contributed by atoms with Gasteiger partial charge in [-0.3, -0.25) is 14.0 Å². The number of methoxy groups -OCH3 is 1. The van der Waals surface area contributed by atoms with Gasteiger partial charge in [0.15, 0.2) is 5.69 Å². The third-order valence-corrected chi connectivity index (χ3v) is 4.50. The third kappa shape index (κ3) is 3.98. The summed E-state index contributed by atoms with van der Waals surface area (Å²) in [5.41, 5.74) is 1.50. The van der Waals surface area contributed by atoms with Crippen LogP contribution in [0.4, 0.5) is 5.69 Å². The van der Waals surface area contributed by atoms with Crippen molar-refractivity contribution in [2.75, 3.05) is 26.0 Å². The Hall–Kier alpha value is -3.35. The monoisotopic (exact) mass is 380 g/mol. The van der Waals surface area contributed by atoms with E-state index in [4.69, 9.17) is 4.74 Å². The van der Waals surface area contributed by atoms with E-state index in [1.54, 1.807) is 66.1 Å². The number of rotatable bonds is 7. The largest absolute Gasteiger partial charge is 0.497 e. The third-order valence-electron chi connectivity index (χ3n) is 4.50. The van der Waals surface area contributed by atoms with Crippen molar-refractivity contribution >= 4 is 23.0 Å². The zero-order chi connectivity index (χ0) is 20.1. The number of carbonyl (C=O) groups is 2. The average molecular weight is 380 g/mol. The molecule has 2 heterocycles. The highest BCUT2D eigenvalue weighted by Gasteiger charge is 2.23. The van der Waals surface area contributed by atoms with E-state index in [2.05, 4.69) is 17.2 Å². The van der Waals surface area contributed by atoms with Crippen molar-refractivity contribution in [1.82, 2.24) is 14.3 Å². The molecule has 0 radical (unpaired) electrons. The number of hydrogen-bond donors (Lipinski definition) is 1. The molecule has 0 bridgehead atoms. The fourth-order valence-corrected chi connectivity index (χ4v) is 2.89. The van der Waals surface area contributed by atoms with Gasteiger partial charge in [-0.25, -0.2) is 4.98 Å². The number of unbranched alkanes of at least 4 members (excludes halogenated alkanes) is 1. The summed E-state index contributed by atoms with van der Waals surface area (Å²) in [5.74, 6) is 0.285. The smallest absolute Gasteiger partial charge is 0.292 e. The molecule has 0 fully saturated rings. The first-order valence-corrected chi connectivity index (χ1v) is 9.23. The SMILES string of the molecule is CCCCN(C)C(=O)c1nc(C(=O)Nc2ccc(OC)cc2)n2ccccc12. The standard InChI is InChI=1S/C21H24N4O3/c1-4-5-13-24(2)21(27)18-17-8-6-7-14-25(17)19(23-18)20(26)22-15-9-11-16(28-3)12-10-15/h6-12,14H,4-5,13H2,1-3H3,(H,22,26). The van der Waals surface area contributed by atoms with Gasteiger partial charge in [0.2, 0.25) is 5.82 Å². The van der Waals surface area contributed by atoms with Crippen LogP contribution < -0.4 is 10.1 Å². The Bertz CT molecular complexity index is 979. The van der Waals surface area contributed by atoms with E-state index in [1.807, 2.05) is 6.07 Å². The molecule has 1 N–H and O–H groups in total. The molecule has 28 heavy (non-hydrogen) atoms. The second-order valence-corrected chi connectivity index (χ2v) is 6.50. The maximum absolute atomic E-state index is 12.8. The molecule has 7 heteroatoms. The predicted octanol–water partition coefficient (Wildman–Crippen LogP) is 3.47. The molecule has 3 rings (SSSR count). The minimum atomic E-state index is -0.387. The van der Waals surface area contributed by atoms with Crippen LogP contribution in [0.25, 0.3) is 5.52 Å². The number of nitrogens with zero attached hydrogens (tertiary/aromatic N) is 3. The van der Waals surface area contributed by atoms with Crippen LogP contribution in [0.2, 0.25) is 0 Å². The summed E-state index contributed by atoms with van der Waals surface area (Å²) in [4.78, 5) is 31.7. The van der Waals surface area contributed by atoms with Crippen molar-refractivity contribution < 1.29 is 14.3 Å². The van der Waals surface area contributed by atoms with Crippen molar-refractivity contribution in [1.29, 1.82) is 0 Å². The van der Waals surface area contributed by atoms with Gasteiger partial charge in [0, 0.05) is 25.5 Å². The summed E-state index contributed by atoms with van der Waals surface area (Å²) in [6.45, 7) is 2.72. The number of amides is 2. The molecule has 0 aliphatic rings. The molecule has 0 aliphatic heterocycles. The Labute approximate surface area is 163 Å². The quantitative estimate of drug-likeness (QED) is 0.681. The minimum Gasteiger partial charge on any atom is -0.497 e. The van der Waals surface area contributed by atoms with Crippen molar-refractivity contribution in [3.8, 4) is 5.75 Å². The summed E-state index contributed by atoms with van der Waals surface area (Å²) in [6, 6.07) is 12.4. The number of carbonyl (C=O) groups excluding carboxylic acids is 2. The lowest BCUT2D eigenvalue weighted by molar-refractivity contribution is 0.0790. The van der Waals surface area contributed by atoms with Crippen molar-refractivity contribution in [3.05, 3.63) is 60.2 Å². The molecule has 3 aromatic rings. The summed E-state index contributed by atoms with van der Waals surface area (Å²) in [5, 5.41) is 2.81. The Kier molecular flexibility index (Phi) is 5.93. The zero-order valence-corrected chi connectivity index (χ0v) is 16.3. The molecule has 1 aromatic carbocycles. The highest BCUT2D eigenvalue weighted by Crippen LogP contribution is 2.18. The molecule has 0 unspecified atom stereocenters. The summed E-state index contributed by atoms with van der Waals surface area (Å²) < 4.78 is 6.76. The van der Waals surface area contributed by atoms with Gasteiger partial charge in [-0.1, -0.05) is 19.4 Å².